The molecule has 2 aromatic carbocycles. The molecule has 0 aliphatic carbocycles. The van der Waals surface area contributed by atoms with E-state index < -0.39 is 17.7 Å². The molecule has 0 radical (unpaired) electrons. The summed E-state index contributed by atoms with van der Waals surface area (Å²) in [5.74, 6) is 0.368. The topological polar surface area (TPSA) is 97.8 Å². The number of Topliss-reactive ketones (excluding diaryl/α,β-unsaturated/α-hetero) is 1. The summed E-state index contributed by atoms with van der Waals surface area (Å²) < 4.78 is 22.8. The number of ether oxygens (including phenoxy) is 4. The molecule has 2 saturated heterocycles. The molecule has 0 aromatic heterocycles. The number of rotatable bonds is 9. The van der Waals surface area contributed by atoms with Gasteiger partial charge in [-0.1, -0.05) is 6.07 Å². The van der Waals surface area contributed by atoms with Crippen LogP contribution in [0.25, 0.3) is 5.76 Å². The molecule has 3 aliphatic rings. The summed E-state index contributed by atoms with van der Waals surface area (Å²) in [4.78, 5) is 30.7. The normalized spacial score (nSPS) is 22.6. The van der Waals surface area contributed by atoms with Crippen LogP contribution in [-0.4, -0.2) is 85.3 Å². The van der Waals surface area contributed by atoms with Crippen molar-refractivity contribution in [2.45, 2.75) is 39.3 Å². The fraction of sp³-hybridized carbons (Fsp3) is 0.467. The van der Waals surface area contributed by atoms with Crippen LogP contribution in [0.2, 0.25) is 0 Å². The van der Waals surface area contributed by atoms with Gasteiger partial charge in [-0.05, 0) is 62.2 Å². The van der Waals surface area contributed by atoms with Crippen LogP contribution in [0, 0.1) is 0 Å². The van der Waals surface area contributed by atoms with Crippen LogP contribution in [0.4, 0.5) is 0 Å². The zero-order valence-electron chi connectivity index (χ0n) is 22.8. The number of benzene rings is 2. The molecule has 0 spiro atoms. The third-order valence-electron chi connectivity index (χ3n) is 7.35. The maximum Gasteiger partial charge on any atom is 0.295 e. The number of hydrogen-bond acceptors (Lipinski definition) is 8. The van der Waals surface area contributed by atoms with Gasteiger partial charge in [0.25, 0.3) is 11.7 Å². The van der Waals surface area contributed by atoms with Crippen molar-refractivity contribution in [2.75, 3.05) is 52.6 Å². The largest absolute Gasteiger partial charge is 0.507 e. The molecule has 3 aliphatic heterocycles. The fourth-order valence-electron chi connectivity index (χ4n) is 5.49. The molecule has 2 fully saturated rings. The van der Waals surface area contributed by atoms with Gasteiger partial charge < -0.3 is 29.0 Å². The van der Waals surface area contributed by atoms with Crippen LogP contribution in [0.15, 0.2) is 42.0 Å². The van der Waals surface area contributed by atoms with Crippen LogP contribution in [0.5, 0.6) is 17.2 Å². The summed E-state index contributed by atoms with van der Waals surface area (Å²) in [6.45, 7) is 10.4. The average Bonchev–Trinajstić information content (AvgIpc) is 3.44. The minimum atomic E-state index is -0.774. The molecular weight excluding hydrogens is 500 g/mol. The standard InChI is InChI=1S/C30H36N2O7/c1-4-37-24-9-6-20(18-25(24)38-5-2)27-26(28(33)21-7-8-23-22(17-21)16-19(3)39-23)29(34)30(35)32(27)11-10-31-12-14-36-15-13-31/h6-9,17-19,27,33H,4-5,10-16H2,1-3H3/t19-,27-/m0/s1. The van der Waals surface area contributed by atoms with E-state index in [0.29, 0.717) is 68.6 Å². The monoisotopic (exact) mass is 536 g/mol. The van der Waals surface area contributed by atoms with Crippen molar-refractivity contribution in [1.82, 2.24) is 9.80 Å². The van der Waals surface area contributed by atoms with Crippen molar-refractivity contribution < 1.29 is 33.6 Å². The Morgan fingerprint density at radius 2 is 1.74 bits per heavy atom. The smallest absolute Gasteiger partial charge is 0.295 e. The average molecular weight is 537 g/mol. The molecule has 2 atom stereocenters. The van der Waals surface area contributed by atoms with Crippen molar-refractivity contribution in [1.29, 1.82) is 0 Å². The number of morpholine rings is 1. The highest BCUT2D eigenvalue weighted by molar-refractivity contribution is 6.46. The summed E-state index contributed by atoms with van der Waals surface area (Å²) >= 11 is 0. The molecule has 1 amide bonds. The summed E-state index contributed by atoms with van der Waals surface area (Å²) in [6.07, 6.45) is 0.758. The predicted molar refractivity (Wildman–Crippen MR) is 145 cm³/mol. The number of fused-ring (bicyclic) bond motifs is 1. The van der Waals surface area contributed by atoms with Crippen molar-refractivity contribution in [3.8, 4) is 17.2 Å². The molecule has 0 bridgehead atoms. The first-order valence-corrected chi connectivity index (χ1v) is 13.7. The third kappa shape index (κ3) is 5.46. The van der Waals surface area contributed by atoms with Crippen molar-refractivity contribution >= 4 is 17.4 Å². The molecular formula is C30H36N2O7. The molecule has 39 heavy (non-hydrogen) atoms. The maximum absolute atomic E-state index is 13.5. The number of carbonyl (C=O) groups is 2. The highest BCUT2D eigenvalue weighted by atomic mass is 16.5. The lowest BCUT2D eigenvalue weighted by atomic mass is 9.94. The second-order valence-corrected chi connectivity index (χ2v) is 9.97. The van der Waals surface area contributed by atoms with Crippen LogP contribution in [0.1, 0.15) is 43.5 Å². The van der Waals surface area contributed by atoms with E-state index in [9.17, 15) is 14.7 Å². The SMILES string of the molecule is CCOc1ccc([C@H]2C(=C(O)c3ccc4c(c3)C[C@H](C)O4)C(=O)C(=O)N2CCN2CCOCC2)cc1OCC. The van der Waals surface area contributed by atoms with Gasteiger partial charge in [-0.2, -0.15) is 0 Å². The summed E-state index contributed by atoms with van der Waals surface area (Å²) in [5.41, 5.74) is 2.19. The molecule has 0 saturated carbocycles. The Balaban J connectivity index is 1.57. The zero-order chi connectivity index (χ0) is 27.5. The van der Waals surface area contributed by atoms with Crippen LogP contribution in [0.3, 0.4) is 0 Å². The van der Waals surface area contributed by atoms with E-state index in [2.05, 4.69) is 4.90 Å². The van der Waals surface area contributed by atoms with Gasteiger partial charge >= 0.3 is 0 Å². The van der Waals surface area contributed by atoms with Crippen LogP contribution >= 0.6 is 0 Å². The highest BCUT2D eigenvalue weighted by Gasteiger charge is 2.46. The van der Waals surface area contributed by atoms with Crippen molar-refractivity contribution in [3.05, 3.63) is 58.7 Å². The minimum absolute atomic E-state index is 0.0454. The van der Waals surface area contributed by atoms with Gasteiger partial charge in [0.05, 0.1) is 38.0 Å². The first-order valence-electron chi connectivity index (χ1n) is 13.7. The Morgan fingerprint density at radius 3 is 2.49 bits per heavy atom. The molecule has 2 aromatic rings. The number of aliphatic hydroxyl groups is 1. The summed E-state index contributed by atoms with van der Waals surface area (Å²) in [6, 6.07) is 10.0. The molecule has 3 heterocycles. The first-order chi connectivity index (χ1) is 18.9. The maximum atomic E-state index is 13.5. The number of carbonyl (C=O) groups excluding carboxylic acids is 2. The lowest BCUT2D eigenvalue weighted by Crippen LogP contribution is -2.42. The van der Waals surface area contributed by atoms with Gasteiger partial charge in [0.2, 0.25) is 0 Å². The Bertz CT molecular complexity index is 1270. The molecule has 5 rings (SSSR count). The Kier molecular flexibility index (Phi) is 8.09. The van der Waals surface area contributed by atoms with Crippen LogP contribution in [-0.2, 0) is 20.7 Å². The third-order valence-corrected chi connectivity index (χ3v) is 7.35. The Hall–Kier alpha value is -3.56. The van der Waals surface area contributed by atoms with E-state index in [1.807, 2.05) is 39.0 Å². The van der Waals surface area contributed by atoms with E-state index >= 15 is 0 Å². The number of hydrogen-bond donors (Lipinski definition) is 1. The molecule has 0 unspecified atom stereocenters. The van der Waals surface area contributed by atoms with E-state index in [0.717, 1.165) is 24.4 Å². The lowest BCUT2D eigenvalue weighted by molar-refractivity contribution is -0.140. The quantitative estimate of drug-likeness (QED) is 0.295. The van der Waals surface area contributed by atoms with Gasteiger partial charge in [-0.3, -0.25) is 14.5 Å². The zero-order valence-corrected chi connectivity index (χ0v) is 22.8. The molecule has 9 nitrogen and oxygen atoms in total. The fourth-order valence-corrected chi connectivity index (χ4v) is 5.49. The summed E-state index contributed by atoms with van der Waals surface area (Å²) in [7, 11) is 0. The van der Waals surface area contributed by atoms with Gasteiger partial charge in [-0.15, -0.1) is 0 Å². The van der Waals surface area contributed by atoms with Gasteiger partial charge in [-0.25, -0.2) is 0 Å². The second-order valence-electron chi connectivity index (χ2n) is 9.97. The van der Waals surface area contributed by atoms with Crippen molar-refractivity contribution in [3.63, 3.8) is 0 Å². The minimum Gasteiger partial charge on any atom is -0.507 e. The second kappa shape index (κ2) is 11.7. The Morgan fingerprint density at radius 1 is 1.00 bits per heavy atom. The van der Waals surface area contributed by atoms with E-state index in [4.69, 9.17) is 18.9 Å². The molecule has 1 N–H and O–H groups in total. The lowest BCUT2D eigenvalue weighted by Gasteiger charge is -2.31. The van der Waals surface area contributed by atoms with Crippen LogP contribution < -0.4 is 14.2 Å². The number of aliphatic hydroxyl groups excluding tert-OH is 1. The highest BCUT2D eigenvalue weighted by Crippen LogP contribution is 2.42. The Labute approximate surface area is 228 Å². The van der Waals surface area contributed by atoms with E-state index in [1.54, 1.807) is 23.1 Å². The molecule has 208 valence electrons. The number of amides is 1. The number of ketones is 1. The van der Waals surface area contributed by atoms with Gasteiger partial charge in [0, 0.05) is 38.2 Å². The first kappa shape index (κ1) is 27.0. The summed E-state index contributed by atoms with van der Waals surface area (Å²) in [5, 5.41) is 11.5. The number of likely N-dealkylation sites (tertiary alicyclic amines) is 1. The number of nitrogens with zero attached hydrogens (tertiary/aromatic N) is 2. The molecule has 9 heteroatoms. The predicted octanol–water partition coefficient (Wildman–Crippen LogP) is 3.56. The van der Waals surface area contributed by atoms with Crippen molar-refractivity contribution in [2.24, 2.45) is 0 Å². The van der Waals surface area contributed by atoms with Gasteiger partial charge in [0.1, 0.15) is 17.6 Å². The van der Waals surface area contributed by atoms with E-state index in [1.165, 1.54) is 0 Å². The van der Waals surface area contributed by atoms with Gasteiger partial charge in [0.15, 0.2) is 11.5 Å². The van der Waals surface area contributed by atoms with E-state index in [-0.39, 0.29) is 17.4 Å².